The first-order chi connectivity index (χ1) is 9.94. The first kappa shape index (κ1) is 15.9. The number of carbonyl (C=O) groups is 1. The molecule has 2 heterocycles. The molecule has 2 atom stereocenters. The van der Waals surface area contributed by atoms with Gasteiger partial charge in [-0.25, -0.2) is 8.42 Å². The van der Waals surface area contributed by atoms with E-state index in [0.29, 0.717) is 5.69 Å². The second-order valence-corrected chi connectivity index (χ2v) is 6.95. The Bertz CT molecular complexity index is 590. The summed E-state index contributed by atoms with van der Waals surface area (Å²) in [7, 11) is -2.21. The van der Waals surface area contributed by atoms with Crippen molar-refractivity contribution in [2.75, 3.05) is 19.4 Å². The number of aryl methyl sites for hydroxylation is 1. The lowest BCUT2D eigenvalue weighted by Crippen LogP contribution is -2.42. The Hall–Kier alpha value is -1.51. The summed E-state index contributed by atoms with van der Waals surface area (Å²) in [4.78, 5) is 15.3. The smallest absolute Gasteiger partial charge is 0.322 e. The molecule has 0 amide bonds. The van der Waals surface area contributed by atoms with E-state index in [1.807, 2.05) is 0 Å². The van der Waals surface area contributed by atoms with Crippen molar-refractivity contribution in [3.63, 3.8) is 0 Å². The van der Waals surface area contributed by atoms with Gasteiger partial charge in [-0.1, -0.05) is 6.07 Å². The molecule has 0 spiro atoms. The van der Waals surface area contributed by atoms with E-state index in [0.717, 1.165) is 4.31 Å². The van der Waals surface area contributed by atoms with Gasteiger partial charge in [0.05, 0.1) is 11.9 Å². The summed E-state index contributed by atoms with van der Waals surface area (Å²) in [6.07, 6.45) is 1.65. The van der Waals surface area contributed by atoms with Crippen LogP contribution >= 0.6 is 0 Å². The van der Waals surface area contributed by atoms with Crippen LogP contribution in [-0.2, 0) is 26.0 Å². The molecule has 0 radical (unpaired) electrons. The summed E-state index contributed by atoms with van der Waals surface area (Å²) in [5, 5.41) is 9.17. The van der Waals surface area contributed by atoms with Crippen LogP contribution in [0.15, 0.2) is 24.4 Å². The number of rotatable bonds is 6. The van der Waals surface area contributed by atoms with Crippen LogP contribution in [0, 0.1) is 0 Å². The van der Waals surface area contributed by atoms with Crippen molar-refractivity contribution in [1.29, 1.82) is 0 Å². The average Bonchev–Trinajstić information content (AvgIpc) is 2.92. The predicted octanol–water partition coefficient (Wildman–Crippen LogP) is 0.128. The minimum Gasteiger partial charge on any atom is -0.480 e. The van der Waals surface area contributed by atoms with Crippen molar-refractivity contribution >= 4 is 16.0 Å². The Kier molecular flexibility index (Phi) is 4.92. The van der Waals surface area contributed by atoms with Crippen LogP contribution in [0.4, 0.5) is 0 Å². The van der Waals surface area contributed by atoms with Gasteiger partial charge in [0.1, 0.15) is 6.04 Å². The molecule has 0 saturated carbocycles. The fraction of sp³-hybridized carbons (Fsp3) is 0.538. The molecule has 8 heteroatoms. The fourth-order valence-electron chi connectivity index (χ4n) is 2.37. The topological polar surface area (TPSA) is 96.8 Å². The van der Waals surface area contributed by atoms with Crippen LogP contribution in [0.1, 0.15) is 12.1 Å². The number of sulfonamides is 1. The Balaban J connectivity index is 2.09. The molecular formula is C13H18N2O5S. The lowest BCUT2D eigenvalue weighted by atomic mass is 10.2. The number of nitrogens with zero attached hydrogens (tertiary/aromatic N) is 2. The van der Waals surface area contributed by atoms with Crippen LogP contribution in [0.5, 0.6) is 0 Å². The quantitative estimate of drug-likeness (QED) is 0.801. The van der Waals surface area contributed by atoms with E-state index >= 15 is 0 Å². The average molecular weight is 314 g/mol. The van der Waals surface area contributed by atoms with E-state index in [-0.39, 0.29) is 31.2 Å². The summed E-state index contributed by atoms with van der Waals surface area (Å²) in [5.74, 6) is -1.31. The molecule has 0 bridgehead atoms. The summed E-state index contributed by atoms with van der Waals surface area (Å²) in [5.41, 5.74) is 0.662. The number of hydrogen-bond donors (Lipinski definition) is 1. The van der Waals surface area contributed by atoms with Crippen molar-refractivity contribution in [3.8, 4) is 0 Å². The third-order valence-electron chi connectivity index (χ3n) is 3.54. The molecular weight excluding hydrogens is 296 g/mol. The number of ether oxygens (including phenoxy) is 1. The highest BCUT2D eigenvalue weighted by Crippen LogP contribution is 2.24. The van der Waals surface area contributed by atoms with Gasteiger partial charge in [-0.15, -0.1) is 0 Å². The van der Waals surface area contributed by atoms with Crippen LogP contribution < -0.4 is 0 Å². The van der Waals surface area contributed by atoms with E-state index in [1.54, 1.807) is 24.4 Å². The Morgan fingerprint density at radius 3 is 2.86 bits per heavy atom. The van der Waals surface area contributed by atoms with E-state index in [2.05, 4.69) is 4.98 Å². The molecule has 1 aliphatic heterocycles. The minimum atomic E-state index is -3.66. The first-order valence-corrected chi connectivity index (χ1v) is 8.20. The molecule has 1 aromatic rings. The molecule has 1 fully saturated rings. The molecule has 0 aromatic carbocycles. The fourth-order valence-corrected chi connectivity index (χ4v) is 4.03. The molecule has 116 valence electrons. The maximum Gasteiger partial charge on any atom is 0.322 e. The number of carboxylic acids is 1. The van der Waals surface area contributed by atoms with E-state index in [4.69, 9.17) is 4.74 Å². The molecule has 2 rings (SSSR count). The van der Waals surface area contributed by atoms with Gasteiger partial charge in [-0.05, 0) is 12.1 Å². The van der Waals surface area contributed by atoms with Crippen molar-refractivity contribution in [3.05, 3.63) is 30.1 Å². The molecule has 1 aromatic heterocycles. The lowest BCUT2D eigenvalue weighted by Gasteiger charge is -2.20. The maximum absolute atomic E-state index is 12.4. The maximum atomic E-state index is 12.4. The first-order valence-electron chi connectivity index (χ1n) is 6.59. The van der Waals surface area contributed by atoms with Gasteiger partial charge < -0.3 is 9.84 Å². The van der Waals surface area contributed by atoms with Crippen molar-refractivity contribution in [2.45, 2.75) is 25.0 Å². The molecule has 7 nitrogen and oxygen atoms in total. The van der Waals surface area contributed by atoms with Crippen molar-refractivity contribution in [1.82, 2.24) is 9.29 Å². The number of hydrogen-bond acceptors (Lipinski definition) is 5. The number of aromatic nitrogens is 1. The molecule has 21 heavy (non-hydrogen) atoms. The van der Waals surface area contributed by atoms with Gasteiger partial charge in [0.15, 0.2) is 0 Å². The van der Waals surface area contributed by atoms with E-state index in [9.17, 15) is 18.3 Å². The zero-order chi connectivity index (χ0) is 15.5. The van der Waals surface area contributed by atoms with Crippen molar-refractivity contribution in [2.24, 2.45) is 0 Å². The predicted molar refractivity (Wildman–Crippen MR) is 75.3 cm³/mol. The third kappa shape index (κ3) is 3.78. The largest absolute Gasteiger partial charge is 0.480 e. The lowest BCUT2D eigenvalue weighted by molar-refractivity contribution is -0.140. The van der Waals surface area contributed by atoms with Crippen LogP contribution in [0.25, 0.3) is 0 Å². The third-order valence-corrected chi connectivity index (χ3v) is 5.37. The highest BCUT2D eigenvalue weighted by atomic mass is 32.2. The number of carboxylic acid groups (broad SMARTS) is 1. The second-order valence-electron chi connectivity index (χ2n) is 4.90. The zero-order valence-electron chi connectivity index (χ0n) is 11.7. The van der Waals surface area contributed by atoms with Crippen molar-refractivity contribution < 1.29 is 23.1 Å². The van der Waals surface area contributed by atoms with Gasteiger partial charge in [0.2, 0.25) is 10.0 Å². The monoisotopic (exact) mass is 314 g/mol. The van der Waals surface area contributed by atoms with Gasteiger partial charge in [0, 0.05) is 38.4 Å². The Morgan fingerprint density at radius 1 is 1.52 bits per heavy atom. The standard InChI is InChI=1S/C13H18N2O5S/c1-20-11-8-12(13(16)17)15(9-11)21(18,19)7-5-10-4-2-3-6-14-10/h2-4,6,11-12H,5,7-9H2,1H3,(H,16,17). The van der Waals surface area contributed by atoms with Gasteiger partial charge in [-0.3, -0.25) is 9.78 Å². The molecule has 1 saturated heterocycles. The molecule has 1 aliphatic rings. The highest BCUT2D eigenvalue weighted by molar-refractivity contribution is 7.89. The van der Waals surface area contributed by atoms with Crippen LogP contribution in [0.3, 0.4) is 0 Å². The van der Waals surface area contributed by atoms with Crippen LogP contribution in [0.2, 0.25) is 0 Å². The molecule has 0 aliphatic carbocycles. The summed E-state index contributed by atoms with van der Waals surface area (Å²) in [6, 6.07) is 4.23. The summed E-state index contributed by atoms with van der Waals surface area (Å²) < 4.78 is 30.9. The van der Waals surface area contributed by atoms with Gasteiger partial charge in [-0.2, -0.15) is 4.31 Å². The van der Waals surface area contributed by atoms with Gasteiger partial charge >= 0.3 is 5.97 Å². The van der Waals surface area contributed by atoms with E-state index < -0.39 is 22.0 Å². The molecule has 1 N–H and O–H groups in total. The Morgan fingerprint density at radius 2 is 2.29 bits per heavy atom. The number of aliphatic carboxylic acids is 1. The minimum absolute atomic E-state index is 0.0814. The second kappa shape index (κ2) is 6.50. The number of pyridine rings is 1. The van der Waals surface area contributed by atoms with E-state index in [1.165, 1.54) is 7.11 Å². The zero-order valence-corrected chi connectivity index (χ0v) is 12.5. The molecule has 2 unspecified atom stereocenters. The summed E-state index contributed by atoms with van der Waals surface area (Å²) in [6.45, 7) is 0.0814. The SMILES string of the molecule is COC1CC(C(=O)O)N(S(=O)(=O)CCc2ccccn2)C1. The normalized spacial score (nSPS) is 23.3. The highest BCUT2D eigenvalue weighted by Gasteiger charge is 2.43. The number of methoxy groups -OCH3 is 1. The summed E-state index contributed by atoms with van der Waals surface area (Å²) >= 11 is 0. The Labute approximate surface area is 123 Å². The van der Waals surface area contributed by atoms with Gasteiger partial charge in [0.25, 0.3) is 0 Å². The van der Waals surface area contributed by atoms with Crippen LogP contribution in [-0.4, -0.2) is 60.3 Å².